The summed E-state index contributed by atoms with van der Waals surface area (Å²) in [4.78, 5) is 18.2. The number of hydrogen-bond donors (Lipinski definition) is 0. The van der Waals surface area contributed by atoms with Gasteiger partial charge in [-0.3, -0.25) is 0 Å². The van der Waals surface area contributed by atoms with Crippen molar-refractivity contribution in [3.8, 4) is 0 Å². The largest absolute Gasteiger partial charge is 0.304 e. The van der Waals surface area contributed by atoms with Crippen LogP contribution in [0.5, 0.6) is 0 Å². The van der Waals surface area contributed by atoms with Crippen LogP contribution >= 0.6 is 0 Å². The molecule has 10 heavy (non-hydrogen) atoms. The average molecular weight is 144 g/mol. The molecular weight excluding hydrogens is 128 g/mol. The van der Waals surface area contributed by atoms with Crippen molar-refractivity contribution in [3.05, 3.63) is 12.7 Å². The summed E-state index contributed by atoms with van der Waals surface area (Å²) in [5.74, 6) is 0.167. The maximum absolute atomic E-state index is 9.44. The number of carbonyl (C=O) groups excluding carboxylic acids is 2. The fourth-order valence-electron chi connectivity index (χ4n) is 0. The van der Waals surface area contributed by atoms with Gasteiger partial charge in [0.25, 0.3) is 0 Å². The highest BCUT2D eigenvalue weighted by Gasteiger charge is 1.62. The Balaban J connectivity index is -0.0000000750. The summed E-state index contributed by atoms with van der Waals surface area (Å²) < 4.78 is 0. The highest BCUT2D eigenvalue weighted by molar-refractivity contribution is 5.72. The molecule has 0 aliphatic heterocycles. The van der Waals surface area contributed by atoms with Crippen molar-refractivity contribution < 1.29 is 9.59 Å². The van der Waals surface area contributed by atoms with Gasteiger partial charge in [-0.2, -0.15) is 0 Å². The summed E-state index contributed by atoms with van der Waals surface area (Å²) in [5.41, 5.74) is 0. The van der Waals surface area contributed by atoms with Gasteiger partial charge in [0.2, 0.25) is 0 Å². The highest BCUT2D eigenvalue weighted by Crippen LogP contribution is 1.50. The topological polar surface area (TPSA) is 34.1 Å². The molecule has 2 heteroatoms. The van der Waals surface area contributed by atoms with Crippen LogP contribution in [0, 0.1) is 0 Å². The van der Waals surface area contributed by atoms with Crippen LogP contribution < -0.4 is 0 Å². The van der Waals surface area contributed by atoms with Gasteiger partial charge in [0.1, 0.15) is 12.1 Å². The molecule has 0 heterocycles. The van der Waals surface area contributed by atoms with Crippen LogP contribution in [0.25, 0.3) is 0 Å². The summed E-state index contributed by atoms with van der Waals surface area (Å²) in [6.07, 6.45) is 2.50. The maximum atomic E-state index is 9.44. The number of ketones is 1. The molecule has 0 bridgehead atoms. The smallest absolute Gasteiger partial charge is 0.126 e. The molecule has 60 valence electrons. The molecule has 0 unspecified atom stereocenters. The summed E-state index contributed by atoms with van der Waals surface area (Å²) >= 11 is 0. The van der Waals surface area contributed by atoms with Crippen LogP contribution in [-0.2, 0) is 9.59 Å². The second-order valence-electron chi connectivity index (χ2n) is 1.55. The van der Waals surface area contributed by atoms with Gasteiger partial charge in [0, 0.05) is 0 Å². The lowest BCUT2D eigenvalue weighted by atomic mass is 10.6. The molecule has 0 saturated heterocycles. The Kier molecular flexibility index (Phi) is 39.0. The van der Waals surface area contributed by atoms with Gasteiger partial charge >= 0.3 is 0 Å². The Morgan fingerprint density at radius 3 is 1.30 bits per heavy atom. The molecule has 0 amide bonds. The predicted molar refractivity (Wildman–Crippen MR) is 44.0 cm³/mol. The van der Waals surface area contributed by atoms with Crippen molar-refractivity contribution in [1.82, 2.24) is 0 Å². The third-order valence-corrected chi connectivity index (χ3v) is 0. The maximum Gasteiger partial charge on any atom is 0.126 e. The van der Waals surface area contributed by atoms with Gasteiger partial charge in [-0.15, -0.1) is 6.58 Å². The van der Waals surface area contributed by atoms with Crippen molar-refractivity contribution in [2.24, 2.45) is 0 Å². The van der Waals surface area contributed by atoms with E-state index in [1.807, 2.05) is 6.92 Å². The van der Waals surface area contributed by atoms with Crippen LogP contribution in [0.4, 0.5) is 0 Å². The van der Waals surface area contributed by atoms with Gasteiger partial charge < -0.3 is 9.59 Å². The number of allylic oxidation sites excluding steroid dienone is 1. The van der Waals surface area contributed by atoms with E-state index in [4.69, 9.17) is 4.79 Å². The molecule has 0 atom stereocenters. The monoisotopic (exact) mass is 144 g/mol. The fraction of sp³-hybridized carbons (Fsp3) is 0.500. The number of Topliss-reactive ketones (excluding diaryl/α,β-unsaturated/α-hetero) is 1. The van der Waals surface area contributed by atoms with Gasteiger partial charge in [-0.05, 0) is 27.7 Å². The van der Waals surface area contributed by atoms with Crippen molar-refractivity contribution in [2.45, 2.75) is 27.7 Å². The van der Waals surface area contributed by atoms with Gasteiger partial charge in [-0.25, -0.2) is 0 Å². The minimum Gasteiger partial charge on any atom is -0.304 e. The first-order valence-electron chi connectivity index (χ1n) is 3.00. The predicted octanol–water partition coefficient (Wildman–Crippen LogP) is 1.99. The van der Waals surface area contributed by atoms with Crippen LogP contribution in [0.2, 0.25) is 0 Å². The second-order valence-corrected chi connectivity index (χ2v) is 1.55. The number of aldehydes is 1. The molecular formula is C8H16O2. The van der Waals surface area contributed by atoms with Crippen LogP contribution in [0.1, 0.15) is 27.7 Å². The van der Waals surface area contributed by atoms with E-state index in [-0.39, 0.29) is 5.78 Å². The number of carbonyl (C=O) groups is 2. The third kappa shape index (κ3) is 309. The SMILES string of the molecule is C=CC.CC(C)=O.CC=O. The Morgan fingerprint density at radius 1 is 1.30 bits per heavy atom. The standard InChI is InChI=1S/C3H6O.C3H6.C2H4O/c1-3(2)4;1-3-2;1-2-3/h1-2H3;3H,1H2,2H3;2H,1H3. The molecule has 0 saturated carbocycles. The van der Waals surface area contributed by atoms with E-state index in [0.29, 0.717) is 0 Å². The van der Waals surface area contributed by atoms with Gasteiger partial charge in [0.05, 0.1) is 0 Å². The lowest BCUT2D eigenvalue weighted by Crippen LogP contribution is -1.69. The molecule has 0 radical (unpaired) electrons. The van der Waals surface area contributed by atoms with Crippen molar-refractivity contribution in [2.75, 3.05) is 0 Å². The first-order chi connectivity index (χ1) is 4.56. The van der Waals surface area contributed by atoms with Gasteiger partial charge in [0.15, 0.2) is 0 Å². The Hall–Kier alpha value is -0.920. The highest BCUT2D eigenvalue weighted by atomic mass is 16.1. The average Bonchev–Trinajstić information content (AvgIpc) is 1.65. The summed E-state index contributed by atoms with van der Waals surface area (Å²) in [6.45, 7) is 9.75. The van der Waals surface area contributed by atoms with E-state index >= 15 is 0 Å². The van der Waals surface area contributed by atoms with Crippen LogP contribution in [-0.4, -0.2) is 12.1 Å². The molecule has 0 spiro atoms. The Morgan fingerprint density at radius 2 is 1.30 bits per heavy atom. The number of rotatable bonds is 0. The van der Waals surface area contributed by atoms with Crippen molar-refractivity contribution >= 4 is 12.1 Å². The van der Waals surface area contributed by atoms with E-state index in [2.05, 4.69) is 6.58 Å². The lowest BCUT2D eigenvalue weighted by Gasteiger charge is -1.56. The molecule has 0 rings (SSSR count). The molecule has 0 aliphatic rings. The fourth-order valence-corrected chi connectivity index (χ4v) is 0. The summed E-state index contributed by atoms with van der Waals surface area (Å²) in [7, 11) is 0. The molecule has 0 aliphatic carbocycles. The normalized spacial score (nSPS) is 5.20. The zero-order valence-corrected chi connectivity index (χ0v) is 7.18. The van der Waals surface area contributed by atoms with Crippen LogP contribution in [0.3, 0.4) is 0 Å². The lowest BCUT2D eigenvalue weighted by molar-refractivity contribution is -0.115. The van der Waals surface area contributed by atoms with E-state index in [0.717, 1.165) is 6.29 Å². The Labute approximate surface area is 62.9 Å². The third-order valence-electron chi connectivity index (χ3n) is 0. The zero-order chi connectivity index (χ0) is 8.99. The van der Waals surface area contributed by atoms with Crippen LogP contribution in [0.15, 0.2) is 12.7 Å². The minimum atomic E-state index is 0.167. The molecule has 0 aromatic heterocycles. The zero-order valence-electron chi connectivity index (χ0n) is 7.18. The van der Waals surface area contributed by atoms with E-state index in [1.54, 1.807) is 6.08 Å². The molecule has 0 N–H and O–H groups in total. The van der Waals surface area contributed by atoms with Crippen molar-refractivity contribution in [1.29, 1.82) is 0 Å². The quantitative estimate of drug-likeness (QED) is 0.385. The first kappa shape index (κ1) is 16.0. The molecule has 0 aromatic carbocycles. The molecule has 0 aromatic rings. The van der Waals surface area contributed by atoms with Crippen molar-refractivity contribution in [3.63, 3.8) is 0 Å². The molecule has 0 fully saturated rings. The van der Waals surface area contributed by atoms with E-state index in [9.17, 15) is 4.79 Å². The van der Waals surface area contributed by atoms with Gasteiger partial charge in [-0.1, -0.05) is 6.08 Å². The molecule has 2 nitrogen and oxygen atoms in total. The summed E-state index contributed by atoms with van der Waals surface area (Å²) in [6, 6.07) is 0. The van der Waals surface area contributed by atoms with E-state index < -0.39 is 0 Å². The van der Waals surface area contributed by atoms with E-state index in [1.165, 1.54) is 20.8 Å². The first-order valence-corrected chi connectivity index (χ1v) is 3.00. The summed E-state index contributed by atoms with van der Waals surface area (Å²) in [5, 5.41) is 0. The second kappa shape index (κ2) is 24.3. The Bertz CT molecular complexity index is 75.3. The number of hydrogen-bond acceptors (Lipinski definition) is 2. The minimum absolute atomic E-state index is 0.167.